The number of amides is 1. The van der Waals surface area contributed by atoms with Crippen LogP contribution >= 0.6 is 0 Å². The molecule has 5 rings (SSSR count). The third kappa shape index (κ3) is 3.14. The molecule has 0 N–H and O–H groups in total. The molecular weight excluding hydrogens is 348 g/mol. The van der Waals surface area contributed by atoms with Crippen molar-refractivity contribution in [1.82, 2.24) is 34.8 Å². The van der Waals surface area contributed by atoms with E-state index in [0.29, 0.717) is 43.6 Å². The summed E-state index contributed by atoms with van der Waals surface area (Å²) in [7, 11) is 0. The number of carbonyl (C=O) groups is 1. The predicted octanol–water partition coefficient (Wildman–Crippen LogP) is 0.885. The van der Waals surface area contributed by atoms with Gasteiger partial charge in [0.05, 0.1) is 0 Å². The number of nitrogens with zero attached hydrogens (tertiary/aromatic N) is 8. The van der Waals surface area contributed by atoms with Crippen molar-refractivity contribution >= 4 is 11.7 Å². The maximum absolute atomic E-state index is 12.6. The zero-order valence-corrected chi connectivity index (χ0v) is 14.6. The highest BCUT2D eigenvalue weighted by atomic mass is 16.5. The Morgan fingerprint density at radius 2 is 1.85 bits per heavy atom. The number of anilines is 1. The van der Waals surface area contributed by atoms with Crippen molar-refractivity contribution in [2.24, 2.45) is 0 Å². The highest BCUT2D eigenvalue weighted by Gasteiger charge is 2.30. The van der Waals surface area contributed by atoms with Gasteiger partial charge in [-0.2, -0.15) is 5.10 Å². The van der Waals surface area contributed by atoms with Crippen molar-refractivity contribution in [2.75, 3.05) is 31.1 Å². The monoisotopic (exact) mass is 366 g/mol. The van der Waals surface area contributed by atoms with Crippen molar-refractivity contribution < 1.29 is 9.32 Å². The maximum Gasteiger partial charge on any atom is 0.276 e. The van der Waals surface area contributed by atoms with Crippen LogP contribution in [0.15, 0.2) is 35.6 Å². The first kappa shape index (κ1) is 15.9. The lowest BCUT2D eigenvalue weighted by molar-refractivity contribution is 0.0736. The van der Waals surface area contributed by atoms with E-state index in [4.69, 9.17) is 4.52 Å². The summed E-state index contributed by atoms with van der Waals surface area (Å²) < 4.78 is 6.89. The van der Waals surface area contributed by atoms with Crippen LogP contribution in [-0.4, -0.2) is 66.9 Å². The minimum absolute atomic E-state index is 0.0729. The molecule has 1 saturated heterocycles. The van der Waals surface area contributed by atoms with Gasteiger partial charge in [0.1, 0.15) is 30.6 Å². The molecule has 10 nitrogen and oxygen atoms in total. The lowest BCUT2D eigenvalue weighted by Gasteiger charge is -2.35. The van der Waals surface area contributed by atoms with Gasteiger partial charge in [-0.1, -0.05) is 5.16 Å². The molecule has 10 heteroatoms. The highest BCUT2D eigenvalue weighted by Crippen LogP contribution is 2.40. The number of hydrogen-bond acceptors (Lipinski definition) is 8. The Labute approximate surface area is 154 Å². The molecule has 0 atom stereocenters. The fourth-order valence-electron chi connectivity index (χ4n) is 3.21. The summed E-state index contributed by atoms with van der Waals surface area (Å²) in [5, 5.41) is 8.04. The van der Waals surface area contributed by atoms with Gasteiger partial charge in [-0.05, 0) is 12.8 Å². The summed E-state index contributed by atoms with van der Waals surface area (Å²) in [5.41, 5.74) is 0.404. The van der Waals surface area contributed by atoms with Crippen molar-refractivity contribution in [3.05, 3.63) is 42.6 Å². The molecule has 1 saturated carbocycles. The van der Waals surface area contributed by atoms with Crippen LogP contribution in [0.5, 0.6) is 0 Å². The summed E-state index contributed by atoms with van der Waals surface area (Å²) >= 11 is 0. The van der Waals surface area contributed by atoms with Gasteiger partial charge in [0, 0.05) is 44.2 Å². The minimum Gasteiger partial charge on any atom is -0.360 e. The fourth-order valence-corrected chi connectivity index (χ4v) is 3.21. The summed E-state index contributed by atoms with van der Waals surface area (Å²) in [6.07, 6.45) is 6.81. The zero-order chi connectivity index (χ0) is 18.2. The summed E-state index contributed by atoms with van der Waals surface area (Å²) in [6.45, 7) is 2.58. The third-order valence-corrected chi connectivity index (χ3v) is 4.91. The van der Waals surface area contributed by atoms with E-state index in [1.807, 2.05) is 11.0 Å². The van der Waals surface area contributed by atoms with Gasteiger partial charge in [-0.25, -0.2) is 19.6 Å². The summed E-state index contributed by atoms with van der Waals surface area (Å²) in [5.74, 6) is 2.68. The second-order valence-corrected chi connectivity index (χ2v) is 6.74. The van der Waals surface area contributed by atoms with Crippen LogP contribution in [0.25, 0.3) is 5.82 Å². The van der Waals surface area contributed by atoms with E-state index < -0.39 is 0 Å². The van der Waals surface area contributed by atoms with Crippen LogP contribution in [0.4, 0.5) is 5.82 Å². The fraction of sp³-hybridized carbons (Fsp3) is 0.412. The Bertz CT molecular complexity index is 942. The Hall–Kier alpha value is -3.30. The first-order valence-electron chi connectivity index (χ1n) is 8.96. The van der Waals surface area contributed by atoms with E-state index >= 15 is 0 Å². The van der Waals surface area contributed by atoms with Crippen LogP contribution in [-0.2, 0) is 0 Å². The summed E-state index contributed by atoms with van der Waals surface area (Å²) in [6, 6.07) is 3.66. The average Bonchev–Trinajstić information content (AvgIpc) is 3.22. The molecule has 4 heterocycles. The Kier molecular flexibility index (Phi) is 3.80. The number of rotatable bonds is 4. The molecule has 0 unspecified atom stereocenters. The highest BCUT2D eigenvalue weighted by molar-refractivity contribution is 5.92. The SMILES string of the molecule is O=C(c1cc(C2CC2)on1)N1CCN(c2cc(-n3cncn3)ncn2)CC1. The van der Waals surface area contributed by atoms with E-state index in [2.05, 4.69) is 30.1 Å². The van der Waals surface area contributed by atoms with Crippen LogP contribution in [0, 0.1) is 0 Å². The molecule has 1 aliphatic heterocycles. The summed E-state index contributed by atoms with van der Waals surface area (Å²) in [4.78, 5) is 29.1. The smallest absolute Gasteiger partial charge is 0.276 e. The topological polar surface area (TPSA) is 106 Å². The molecule has 2 fully saturated rings. The number of piperazine rings is 1. The van der Waals surface area contributed by atoms with Crippen molar-refractivity contribution in [1.29, 1.82) is 0 Å². The molecule has 3 aromatic rings. The first-order valence-corrected chi connectivity index (χ1v) is 8.96. The average molecular weight is 366 g/mol. The van der Waals surface area contributed by atoms with Gasteiger partial charge >= 0.3 is 0 Å². The molecule has 0 aromatic carbocycles. The zero-order valence-electron chi connectivity index (χ0n) is 14.6. The van der Waals surface area contributed by atoms with Crippen LogP contribution in [0.1, 0.15) is 35.0 Å². The van der Waals surface area contributed by atoms with Crippen molar-refractivity contribution in [2.45, 2.75) is 18.8 Å². The van der Waals surface area contributed by atoms with E-state index in [1.165, 1.54) is 12.7 Å². The van der Waals surface area contributed by atoms with Crippen molar-refractivity contribution in [3.8, 4) is 5.82 Å². The molecule has 0 radical (unpaired) electrons. The molecule has 1 aliphatic carbocycles. The lowest BCUT2D eigenvalue weighted by atomic mass is 10.2. The number of aromatic nitrogens is 6. The third-order valence-electron chi connectivity index (χ3n) is 4.91. The Balaban J connectivity index is 1.24. The molecule has 1 amide bonds. The number of carbonyl (C=O) groups excluding carboxylic acids is 1. The minimum atomic E-state index is -0.0729. The lowest BCUT2D eigenvalue weighted by Crippen LogP contribution is -2.49. The normalized spacial score (nSPS) is 17.3. The quantitative estimate of drug-likeness (QED) is 0.670. The maximum atomic E-state index is 12.6. The van der Waals surface area contributed by atoms with E-state index in [0.717, 1.165) is 24.4 Å². The van der Waals surface area contributed by atoms with Crippen LogP contribution in [0.2, 0.25) is 0 Å². The van der Waals surface area contributed by atoms with Gasteiger partial charge in [-0.15, -0.1) is 0 Å². The van der Waals surface area contributed by atoms with Gasteiger partial charge in [-0.3, -0.25) is 4.79 Å². The van der Waals surface area contributed by atoms with E-state index in [-0.39, 0.29) is 5.91 Å². The van der Waals surface area contributed by atoms with Gasteiger partial charge in [0.15, 0.2) is 11.5 Å². The Morgan fingerprint density at radius 3 is 2.59 bits per heavy atom. The van der Waals surface area contributed by atoms with Gasteiger partial charge in [0.25, 0.3) is 5.91 Å². The molecule has 0 bridgehead atoms. The van der Waals surface area contributed by atoms with E-state index in [1.54, 1.807) is 17.1 Å². The molecule has 0 spiro atoms. The Morgan fingerprint density at radius 1 is 1.04 bits per heavy atom. The largest absolute Gasteiger partial charge is 0.360 e. The van der Waals surface area contributed by atoms with Gasteiger partial charge in [0.2, 0.25) is 0 Å². The molecule has 27 heavy (non-hydrogen) atoms. The first-order chi connectivity index (χ1) is 13.3. The van der Waals surface area contributed by atoms with Gasteiger partial charge < -0.3 is 14.3 Å². The van der Waals surface area contributed by atoms with Crippen molar-refractivity contribution in [3.63, 3.8) is 0 Å². The standard InChI is InChI=1S/C17H18N8O2/c26-17(13-7-14(27-22-13)12-1-2-12)24-5-3-23(4-6-24)15-8-16(20-10-19-15)25-11-18-9-21-25/h7-12H,1-6H2. The van der Waals surface area contributed by atoms with E-state index in [9.17, 15) is 4.79 Å². The second-order valence-electron chi connectivity index (χ2n) is 6.74. The molecule has 2 aliphatic rings. The van der Waals surface area contributed by atoms with Crippen LogP contribution < -0.4 is 4.90 Å². The predicted molar refractivity (Wildman–Crippen MR) is 93.5 cm³/mol. The van der Waals surface area contributed by atoms with Crippen LogP contribution in [0.3, 0.4) is 0 Å². The molecule has 138 valence electrons. The number of hydrogen-bond donors (Lipinski definition) is 0. The molecular formula is C17H18N8O2. The second kappa shape index (κ2) is 6.45. The molecule has 3 aromatic heterocycles.